The Labute approximate surface area is 84.6 Å². The summed E-state index contributed by atoms with van der Waals surface area (Å²) in [5.41, 5.74) is -0.804. The molecule has 4 heteroatoms. The molecule has 82 valence electrons. The van der Waals surface area contributed by atoms with Crippen LogP contribution in [-0.2, 0) is 19.1 Å². The second-order valence-corrected chi connectivity index (χ2v) is 3.82. The van der Waals surface area contributed by atoms with Gasteiger partial charge >= 0.3 is 11.9 Å². The summed E-state index contributed by atoms with van der Waals surface area (Å²) in [6.45, 7) is 5.46. The van der Waals surface area contributed by atoms with Crippen molar-refractivity contribution in [2.24, 2.45) is 11.3 Å². The summed E-state index contributed by atoms with van der Waals surface area (Å²) in [6, 6.07) is 0. The first-order valence-electron chi connectivity index (χ1n) is 4.53. The Bertz CT molecular complexity index is 222. The SMILES string of the molecule is COC(=O)C[C@@](C)(C(=O)OC)C(C)C. The number of hydrogen-bond donors (Lipinski definition) is 0. The average Bonchev–Trinajstić information content (AvgIpc) is 2.15. The number of carbonyl (C=O) groups is 2. The van der Waals surface area contributed by atoms with Gasteiger partial charge in [0.25, 0.3) is 0 Å². The standard InChI is InChI=1S/C10H18O4/c1-7(2)10(3,9(12)14-5)6-8(11)13-4/h7H,6H2,1-5H3/t10-/m1/s1. The van der Waals surface area contributed by atoms with E-state index in [1.54, 1.807) is 6.92 Å². The van der Waals surface area contributed by atoms with Crippen molar-refractivity contribution >= 4 is 11.9 Å². The summed E-state index contributed by atoms with van der Waals surface area (Å²) in [4.78, 5) is 22.6. The van der Waals surface area contributed by atoms with Crippen LogP contribution in [-0.4, -0.2) is 26.2 Å². The zero-order valence-corrected chi connectivity index (χ0v) is 9.42. The number of esters is 2. The van der Waals surface area contributed by atoms with E-state index in [2.05, 4.69) is 9.47 Å². The summed E-state index contributed by atoms with van der Waals surface area (Å²) in [7, 11) is 2.63. The van der Waals surface area contributed by atoms with E-state index in [1.807, 2.05) is 13.8 Å². The number of ether oxygens (including phenoxy) is 2. The van der Waals surface area contributed by atoms with Crippen molar-refractivity contribution in [1.29, 1.82) is 0 Å². The molecular formula is C10H18O4. The molecule has 0 heterocycles. The minimum absolute atomic E-state index is 0.0223. The van der Waals surface area contributed by atoms with Gasteiger partial charge in [0.05, 0.1) is 26.1 Å². The van der Waals surface area contributed by atoms with E-state index in [9.17, 15) is 9.59 Å². The van der Waals surface area contributed by atoms with E-state index in [1.165, 1.54) is 14.2 Å². The molecule has 14 heavy (non-hydrogen) atoms. The lowest BCUT2D eigenvalue weighted by Gasteiger charge is -2.29. The zero-order valence-electron chi connectivity index (χ0n) is 9.42. The molecule has 1 atom stereocenters. The average molecular weight is 202 g/mol. The molecule has 0 bridgehead atoms. The van der Waals surface area contributed by atoms with E-state index in [0.29, 0.717) is 0 Å². The van der Waals surface area contributed by atoms with Gasteiger partial charge in [0.15, 0.2) is 0 Å². The molecule has 0 fully saturated rings. The van der Waals surface area contributed by atoms with Gasteiger partial charge in [0, 0.05) is 0 Å². The molecule has 0 aromatic heterocycles. The molecule has 0 saturated carbocycles. The summed E-state index contributed by atoms with van der Waals surface area (Å²) in [6.07, 6.45) is 0.0494. The Morgan fingerprint density at radius 1 is 1.21 bits per heavy atom. The third-order valence-electron chi connectivity index (χ3n) is 2.67. The van der Waals surface area contributed by atoms with E-state index < -0.39 is 11.4 Å². The first-order chi connectivity index (χ1) is 6.38. The lowest BCUT2D eigenvalue weighted by Crippen LogP contribution is -2.36. The van der Waals surface area contributed by atoms with Gasteiger partial charge in [-0.2, -0.15) is 0 Å². The Balaban J connectivity index is 4.73. The van der Waals surface area contributed by atoms with E-state index in [-0.39, 0.29) is 18.3 Å². The molecule has 0 rings (SSSR count). The molecule has 0 aromatic rings. The Kier molecular flexibility index (Phi) is 4.60. The van der Waals surface area contributed by atoms with Gasteiger partial charge in [-0.3, -0.25) is 9.59 Å². The monoisotopic (exact) mass is 202 g/mol. The smallest absolute Gasteiger partial charge is 0.312 e. The Morgan fingerprint density at radius 3 is 2.00 bits per heavy atom. The third kappa shape index (κ3) is 2.72. The molecule has 0 aliphatic carbocycles. The molecule has 0 N–H and O–H groups in total. The lowest BCUT2D eigenvalue weighted by atomic mass is 9.76. The van der Waals surface area contributed by atoms with Gasteiger partial charge in [0.1, 0.15) is 0 Å². The molecule has 0 radical (unpaired) electrons. The van der Waals surface area contributed by atoms with Crippen LogP contribution in [0.15, 0.2) is 0 Å². The Morgan fingerprint density at radius 2 is 1.71 bits per heavy atom. The zero-order chi connectivity index (χ0) is 11.4. The van der Waals surface area contributed by atoms with Crippen molar-refractivity contribution < 1.29 is 19.1 Å². The molecule has 0 spiro atoms. The molecule has 0 aliphatic rings. The van der Waals surface area contributed by atoms with Gasteiger partial charge in [-0.15, -0.1) is 0 Å². The number of carbonyl (C=O) groups excluding carboxylic acids is 2. The van der Waals surface area contributed by atoms with Crippen LogP contribution in [0.3, 0.4) is 0 Å². The normalized spacial score (nSPS) is 14.7. The fourth-order valence-corrected chi connectivity index (χ4v) is 1.12. The quantitative estimate of drug-likeness (QED) is 0.646. The fourth-order valence-electron chi connectivity index (χ4n) is 1.12. The highest BCUT2D eigenvalue weighted by molar-refractivity contribution is 5.83. The first-order valence-corrected chi connectivity index (χ1v) is 4.53. The van der Waals surface area contributed by atoms with Crippen molar-refractivity contribution in [3.63, 3.8) is 0 Å². The van der Waals surface area contributed by atoms with Crippen molar-refractivity contribution in [3.05, 3.63) is 0 Å². The second kappa shape index (κ2) is 4.98. The van der Waals surface area contributed by atoms with Crippen LogP contribution in [0.25, 0.3) is 0 Å². The molecule has 4 nitrogen and oxygen atoms in total. The largest absolute Gasteiger partial charge is 0.469 e. The number of methoxy groups -OCH3 is 2. The maximum atomic E-state index is 11.5. The van der Waals surface area contributed by atoms with Crippen molar-refractivity contribution in [2.45, 2.75) is 27.2 Å². The Hall–Kier alpha value is -1.06. The molecule has 0 aromatic carbocycles. The van der Waals surface area contributed by atoms with Gasteiger partial charge < -0.3 is 9.47 Å². The minimum Gasteiger partial charge on any atom is -0.469 e. The van der Waals surface area contributed by atoms with Gasteiger partial charge in [-0.25, -0.2) is 0 Å². The van der Waals surface area contributed by atoms with Crippen LogP contribution < -0.4 is 0 Å². The van der Waals surface area contributed by atoms with Crippen LogP contribution >= 0.6 is 0 Å². The summed E-state index contributed by atoms with van der Waals surface area (Å²) in [5, 5.41) is 0. The van der Waals surface area contributed by atoms with Crippen molar-refractivity contribution in [3.8, 4) is 0 Å². The molecular weight excluding hydrogens is 184 g/mol. The van der Waals surface area contributed by atoms with Crippen LogP contribution in [0.4, 0.5) is 0 Å². The number of hydrogen-bond acceptors (Lipinski definition) is 4. The summed E-state index contributed by atoms with van der Waals surface area (Å²) < 4.78 is 9.22. The van der Waals surface area contributed by atoms with E-state index in [0.717, 1.165) is 0 Å². The van der Waals surface area contributed by atoms with Gasteiger partial charge in [-0.1, -0.05) is 13.8 Å². The van der Waals surface area contributed by atoms with Crippen LogP contribution in [0.1, 0.15) is 27.2 Å². The van der Waals surface area contributed by atoms with E-state index >= 15 is 0 Å². The molecule has 0 saturated heterocycles. The predicted molar refractivity (Wildman–Crippen MR) is 51.6 cm³/mol. The summed E-state index contributed by atoms with van der Waals surface area (Å²) in [5.74, 6) is -0.751. The fraction of sp³-hybridized carbons (Fsp3) is 0.800. The number of rotatable bonds is 4. The molecule has 0 unspecified atom stereocenters. The molecule has 0 amide bonds. The third-order valence-corrected chi connectivity index (χ3v) is 2.67. The van der Waals surface area contributed by atoms with E-state index in [4.69, 9.17) is 0 Å². The topological polar surface area (TPSA) is 52.6 Å². The van der Waals surface area contributed by atoms with Crippen LogP contribution in [0.5, 0.6) is 0 Å². The van der Waals surface area contributed by atoms with Crippen LogP contribution in [0, 0.1) is 11.3 Å². The minimum atomic E-state index is -0.804. The maximum Gasteiger partial charge on any atom is 0.312 e. The highest BCUT2D eigenvalue weighted by Crippen LogP contribution is 2.32. The highest BCUT2D eigenvalue weighted by Gasteiger charge is 2.40. The van der Waals surface area contributed by atoms with Crippen molar-refractivity contribution in [2.75, 3.05) is 14.2 Å². The highest BCUT2D eigenvalue weighted by atomic mass is 16.5. The molecule has 0 aliphatic heterocycles. The van der Waals surface area contributed by atoms with Crippen molar-refractivity contribution in [1.82, 2.24) is 0 Å². The first kappa shape index (κ1) is 12.9. The second-order valence-electron chi connectivity index (χ2n) is 3.82. The lowest BCUT2D eigenvalue weighted by molar-refractivity contribution is -0.161. The predicted octanol–water partition coefficient (Wildman–Crippen LogP) is 1.38. The summed E-state index contributed by atoms with van der Waals surface area (Å²) >= 11 is 0. The van der Waals surface area contributed by atoms with Gasteiger partial charge in [-0.05, 0) is 12.8 Å². The maximum absolute atomic E-state index is 11.5. The van der Waals surface area contributed by atoms with Gasteiger partial charge in [0.2, 0.25) is 0 Å². The van der Waals surface area contributed by atoms with Crippen LogP contribution in [0.2, 0.25) is 0 Å².